The summed E-state index contributed by atoms with van der Waals surface area (Å²) < 4.78 is 1.97. The Labute approximate surface area is 141 Å². The largest absolute Gasteiger partial charge is 0.508 e. The van der Waals surface area contributed by atoms with Gasteiger partial charge in [-0.15, -0.1) is 11.3 Å². The maximum atomic E-state index is 11.8. The quantitative estimate of drug-likeness (QED) is 0.424. The minimum atomic E-state index is -0.203. The topological polar surface area (TPSA) is 74.6 Å². The van der Waals surface area contributed by atoms with Gasteiger partial charge in [-0.25, -0.2) is 10.4 Å². The van der Waals surface area contributed by atoms with Crippen molar-refractivity contribution in [3.8, 4) is 5.75 Å². The van der Waals surface area contributed by atoms with Gasteiger partial charge >= 0.3 is 0 Å². The fourth-order valence-electron chi connectivity index (χ4n) is 1.86. The smallest absolute Gasteiger partial charge is 0.250 e. The van der Waals surface area contributed by atoms with E-state index in [-0.39, 0.29) is 17.4 Å². The standard InChI is InChI=1S/C16H13N3O2S2/c20-12-5-3-4-11(8-12)9-17-19-15(21)10-22-16-18-13-6-1-2-7-14(13)23-16/h1-9,20H,10H2,(H,19,21). The van der Waals surface area contributed by atoms with Crippen molar-refractivity contribution < 1.29 is 9.90 Å². The molecule has 0 aliphatic rings. The number of fused-ring (bicyclic) bond motifs is 1. The number of hydrogen-bond acceptors (Lipinski definition) is 6. The zero-order valence-electron chi connectivity index (χ0n) is 12.0. The van der Waals surface area contributed by atoms with Crippen molar-refractivity contribution in [3.63, 3.8) is 0 Å². The van der Waals surface area contributed by atoms with Crippen molar-refractivity contribution in [2.24, 2.45) is 5.10 Å². The number of amides is 1. The molecular weight excluding hydrogens is 330 g/mol. The van der Waals surface area contributed by atoms with E-state index in [1.54, 1.807) is 35.6 Å². The third-order valence-corrected chi connectivity index (χ3v) is 5.05. The number of rotatable bonds is 5. The van der Waals surface area contributed by atoms with Crippen molar-refractivity contribution in [1.82, 2.24) is 10.4 Å². The maximum absolute atomic E-state index is 11.8. The van der Waals surface area contributed by atoms with Crippen molar-refractivity contribution in [2.45, 2.75) is 4.34 Å². The van der Waals surface area contributed by atoms with E-state index in [1.165, 1.54) is 18.0 Å². The fourth-order valence-corrected chi connectivity index (χ4v) is 3.72. The lowest BCUT2D eigenvalue weighted by Crippen LogP contribution is -2.19. The van der Waals surface area contributed by atoms with Crippen molar-refractivity contribution in [3.05, 3.63) is 54.1 Å². The molecule has 0 fully saturated rings. The maximum Gasteiger partial charge on any atom is 0.250 e. The number of nitrogens with one attached hydrogen (secondary N) is 1. The molecule has 0 aliphatic heterocycles. The Morgan fingerprint density at radius 2 is 2.17 bits per heavy atom. The molecule has 1 heterocycles. The summed E-state index contributed by atoms with van der Waals surface area (Å²) in [4.78, 5) is 16.2. The predicted octanol–water partition coefficient (Wildman–Crippen LogP) is 3.24. The summed E-state index contributed by atoms with van der Waals surface area (Å²) in [6.45, 7) is 0. The Hall–Kier alpha value is -2.38. The van der Waals surface area contributed by atoms with Crippen LogP contribution in [0.15, 0.2) is 58.0 Å². The lowest BCUT2D eigenvalue weighted by Gasteiger charge is -1.98. The van der Waals surface area contributed by atoms with Crippen LogP contribution >= 0.6 is 23.1 Å². The first kappa shape index (κ1) is 15.5. The molecule has 0 saturated heterocycles. The molecule has 2 N–H and O–H groups in total. The van der Waals surface area contributed by atoms with Crippen LogP contribution < -0.4 is 5.43 Å². The van der Waals surface area contributed by atoms with E-state index in [4.69, 9.17) is 0 Å². The molecule has 0 saturated carbocycles. The van der Waals surface area contributed by atoms with Crippen LogP contribution in [0.2, 0.25) is 0 Å². The number of nitrogens with zero attached hydrogens (tertiary/aromatic N) is 2. The van der Waals surface area contributed by atoms with E-state index in [9.17, 15) is 9.90 Å². The Balaban J connectivity index is 1.51. The molecule has 0 spiro atoms. The van der Waals surface area contributed by atoms with Crippen LogP contribution in [0.5, 0.6) is 5.75 Å². The van der Waals surface area contributed by atoms with Gasteiger partial charge in [-0.2, -0.15) is 5.10 Å². The molecule has 3 rings (SSSR count). The molecule has 0 radical (unpaired) electrons. The first-order valence-corrected chi connectivity index (χ1v) is 8.60. The van der Waals surface area contributed by atoms with Crippen LogP contribution in [0, 0.1) is 0 Å². The SMILES string of the molecule is O=C(CSc1nc2ccccc2s1)NN=Cc1cccc(O)c1. The second-order valence-corrected chi connectivity index (χ2v) is 6.88. The Morgan fingerprint density at radius 3 is 3.00 bits per heavy atom. The Morgan fingerprint density at radius 1 is 1.30 bits per heavy atom. The molecular formula is C16H13N3O2S2. The highest BCUT2D eigenvalue weighted by Crippen LogP contribution is 2.28. The molecule has 0 atom stereocenters. The second-order valence-electron chi connectivity index (χ2n) is 4.62. The van der Waals surface area contributed by atoms with Crippen molar-refractivity contribution in [2.75, 3.05) is 5.75 Å². The lowest BCUT2D eigenvalue weighted by atomic mass is 10.2. The first-order valence-electron chi connectivity index (χ1n) is 6.80. The van der Waals surface area contributed by atoms with Gasteiger partial charge in [0.25, 0.3) is 5.91 Å². The number of carbonyl (C=O) groups excluding carboxylic acids is 1. The second kappa shape index (κ2) is 7.26. The van der Waals surface area contributed by atoms with Gasteiger partial charge in [-0.3, -0.25) is 4.79 Å². The molecule has 7 heteroatoms. The molecule has 2 aromatic carbocycles. The van der Waals surface area contributed by atoms with E-state index >= 15 is 0 Å². The molecule has 3 aromatic rings. The number of hydrogen-bond donors (Lipinski definition) is 2. The zero-order valence-corrected chi connectivity index (χ0v) is 13.6. The van der Waals surface area contributed by atoms with Crippen molar-refractivity contribution >= 4 is 45.4 Å². The normalized spacial score (nSPS) is 11.1. The number of phenols is 1. The summed E-state index contributed by atoms with van der Waals surface area (Å²) in [6.07, 6.45) is 1.49. The number of carbonyl (C=O) groups is 1. The van der Waals surface area contributed by atoms with Crippen LogP contribution in [-0.2, 0) is 4.79 Å². The Kier molecular flexibility index (Phi) is 4.89. The van der Waals surface area contributed by atoms with E-state index in [0.29, 0.717) is 5.56 Å². The van der Waals surface area contributed by atoms with Gasteiger partial charge in [0.2, 0.25) is 0 Å². The summed E-state index contributed by atoms with van der Waals surface area (Å²) in [7, 11) is 0. The van der Waals surface area contributed by atoms with Gasteiger partial charge < -0.3 is 5.11 Å². The van der Waals surface area contributed by atoms with Gasteiger partial charge in [-0.05, 0) is 29.8 Å². The fraction of sp³-hybridized carbons (Fsp3) is 0.0625. The molecule has 5 nitrogen and oxygen atoms in total. The van der Waals surface area contributed by atoms with Crippen LogP contribution in [0.3, 0.4) is 0 Å². The van der Waals surface area contributed by atoms with Gasteiger partial charge in [0.15, 0.2) is 4.34 Å². The van der Waals surface area contributed by atoms with E-state index in [1.807, 2.05) is 24.3 Å². The molecule has 1 aromatic heterocycles. The summed E-state index contributed by atoms with van der Waals surface area (Å²) in [5.41, 5.74) is 4.12. The minimum Gasteiger partial charge on any atom is -0.508 e. The molecule has 0 aliphatic carbocycles. The predicted molar refractivity (Wildman–Crippen MR) is 94.2 cm³/mol. The summed E-state index contributed by atoms with van der Waals surface area (Å²) in [5.74, 6) is 0.203. The number of phenolic OH excluding ortho intramolecular Hbond substituents is 1. The zero-order chi connectivity index (χ0) is 16.1. The number of thioether (sulfide) groups is 1. The highest BCUT2D eigenvalue weighted by Gasteiger charge is 2.06. The van der Waals surface area contributed by atoms with Crippen LogP contribution in [0.1, 0.15) is 5.56 Å². The number of benzene rings is 2. The van der Waals surface area contributed by atoms with E-state index < -0.39 is 0 Å². The van der Waals surface area contributed by atoms with Crippen molar-refractivity contribution in [1.29, 1.82) is 0 Å². The molecule has 0 unspecified atom stereocenters. The van der Waals surface area contributed by atoms with Gasteiger partial charge in [0, 0.05) is 0 Å². The highest BCUT2D eigenvalue weighted by atomic mass is 32.2. The monoisotopic (exact) mass is 343 g/mol. The number of thiazole rings is 1. The van der Waals surface area contributed by atoms with Gasteiger partial charge in [0.05, 0.1) is 22.2 Å². The number of para-hydroxylation sites is 1. The summed E-state index contributed by atoms with van der Waals surface area (Å²) in [5, 5.41) is 13.2. The first-order chi connectivity index (χ1) is 11.2. The minimum absolute atomic E-state index is 0.159. The van der Waals surface area contributed by atoms with E-state index in [2.05, 4.69) is 15.5 Å². The molecule has 116 valence electrons. The van der Waals surface area contributed by atoms with Crippen LogP contribution in [0.4, 0.5) is 0 Å². The number of aromatic nitrogens is 1. The highest BCUT2D eigenvalue weighted by molar-refractivity contribution is 8.01. The third-order valence-electron chi connectivity index (χ3n) is 2.87. The average molecular weight is 343 g/mol. The molecule has 0 bridgehead atoms. The lowest BCUT2D eigenvalue weighted by molar-refractivity contribution is -0.118. The molecule has 23 heavy (non-hydrogen) atoms. The van der Waals surface area contributed by atoms with E-state index in [0.717, 1.165) is 14.6 Å². The molecule has 1 amide bonds. The summed E-state index contributed by atoms with van der Waals surface area (Å²) in [6, 6.07) is 14.5. The van der Waals surface area contributed by atoms with Gasteiger partial charge in [-0.1, -0.05) is 36.0 Å². The Bertz CT molecular complexity index is 828. The number of hydrazone groups is 1. The third kappa shape index (κ3) is 4.30. The van der Waals surface area contributed by atoms with Crippen LogP contribution in [0.25, 0.3) is 10.2 Å². The number of aromatic hydroxyl groups is 1. The van der Waals surface area contributed by atoms with Gasteiger partial charge in [0.1, 0.15) is 5.75 Å². The summed E-state index contributed by atoms with van der Waals surface area (Å²) >= 11 is 2.95. The average Bonchev–Trinajstić information content (AvgIpc) is 2.96. The van der Waals surface area contributed by atoms with Crippen LogP contribution in [-0.4, -0.2) is 28.0 Å².